The molecule has 0 spiro atoms. The topological polar surface area (TPSA) is 117 Å². The van der Waals surface area contributed by atoms with E-state index in [0.717, 1.165) is 6.20 Å². The first-order valence-corrected chi connectivity index (χ1v) is 13.4. The van der Waals surface area contributed by atoms with E-state index in [0.29, 0.717) is 62.9 Å². The number of aromatic nitrogens is 1. The van der Waals surface area contributed by atoms with Gasteiger partial charge in [-0.05, 0) is 56.2 Å². The number of anilines is 1. The number of amides is 1. The molecule has 1 aliphatic carbocycles. The van der Waals surface area contributed by atoms with Crippen LogP contribution in [0.3, 0.4) is 0 Å². The van der Waals surface area contributed by atoms with Gasteiger partial charge in [-0.15, -0.1) is 0 Å². The Morgan fingerprint density at radius 2 is 1.97 bits per heavy atom. The van der Waals surface area contributed by atoms with Crippen LogP contribution in [0.4, 0.5) is 14.5 Å². The van der Waals surface area contributed by atoms with Gasteiger partial charge in [0.25, 0.3) is 0 Å². The average Bonchev–Trinajstić information content (AvgIpc) is 3.69. The second-order valence-corrected chi connectivity index (χ2v) is 11.3. The summed E-state index contributed by atoms with van der Waals surface area (Å²) in [6, 6.07) is 4.63. The van der Waals surface area contributed by atoms with Gasteiger partial charge in [0.1, 0.15) is 11.6 Å². The molecule has 2 heterocycles. The number of nitrogens with zero attached hydrogens (tertiary/aromatic N) is 2. The highest BCUT2D eigenvalue weighted by Crippen LogP contribution is 2.33. The van der Waals surface area contributed by atoms with Gasteiger partial charge in [0.05, 0.1) is 29.4 Å². The van der Waals surface area contributed by atoms with Crippen molar-refractivity contribution in [1.82, 2.24) is 14.6 Å². The predicted octanol–water partition coefficient (Wildman–Crippen LogP) is 1.96. The Hall–Kier alpha value is -2.47. The number of carbonyl (C=O) groups is 1. The largest absolute Gasteiger partial charge is 0.323 e. The van der Waals surface area contributed by atoms with Crippen molar-refractivity contribution < 1.29 is 22.0 Å². The van der Waals surface area contributed by atoms with Gasteiger partial charge < -0.3 is 16.4 Å². The van der Waals surface area contributed by atoms with Crippen molar-refractivity contribution in [2.75, 3.05) is 25.0 Å². The van der Waals surface area contributed by atoms with Gasteiger partial charge in [-0.2, -0.15) is 4.31 Å². The zero-order valence-corrected chi connectivity index (χ0v) is 20.2. The molecule has 1 aromatic heterocycles. The maximum Gasteiger partial charge on any atom is 0.241 e. The van der Waals surface area contributed by atoms with Crippen molar-refractivity contribution in [2.45, 2.75) is 55.9 Å². The van der Waals surface area contributed by atoms with E-state index in [4.69, 9.17) is 5.73 Å². The van der Waals surface area contributed by atoms with Crippen LogP contribution in [-0.2, 0) is 27.7 Å². The van der Waals surface area contributed by atoms with E-state index in [1.165, 1.54) is 18.3 Å². The van der Waals surface area contributed by atoms with Crippen LogP contribution in [0.1, 0.15) is 36.8 Å². The highest BCUT2D eigenvalue weighted by atomic mass is 32.2. The summed E-state index contributed by atoms with van der Waals surface area (Å²) < 4.78 is 54.9. The smallest absolute Gasteiger partial charge is 0.241 e. The Balaban J connectivity index is 1.37. The molecule has 2 atom stereocenters. The van der Waals surface area contributed by atoms with Crippen molar-refractivity contribution in [2.24, 2.45) is 5.73 Å². The lowest BCUT2D eigenvalue weighted by Gasteiger charge is -2.35. The lowest BCUT2D eigenvalue weighted by Crippen LogP contribution is -2.54. The summed E-state index contributed by atoms with van der Waals surface area (Å²) in [5.41, 5.74) is 7.28. The van der Waals surface area contributed by atoms with Gasteiger partial charge in [-0.1, -0.05) is 12.1 Å². The van der Waals surface area contributed by atoms with Crippen LogP contribution in [0.5, 0.6) is 0 Å². The number of carbonyl (C=O) groups excluding carboxylic acids is 1. The third-order valence-electron chi connectivity index (χ3n) is 6.50. The number of rotatable bonds is 10. The fourth-order valence-electron chi connectivity index (χ4n) is 4.41. The summed E-state index contributed by atoms with van der Waals surface area (Å²) in [7, 11) is -3.29. The molecule has 1 saturated carbocycles. The average molecular weight is 508 g/mol. The van der Waals surface area contributed by atoms with Crippen molar-refractivity contribution in [3.05, 3.63) is 59.4 Å². The van der Waals surface area contributed by atoms with E-state index < -0.39 is 27.8 Å². The number of piperazine rings is 1. The predicted molar refractivity (Wildman–Crippen MR) is 129 cm³/mol. The molecule has 11 heteroatoms. The maximum atomic E-state index is 14.6. The quantitative estimate of drug-likeness (QED) is 0.453. The van der Waals surface area contributed by atoms with Crippen LogP contribution >= 0.6 is 0 Å². The van der Waals surface area contributed by atoms with E-state index >= 15 is 0 Å². The summed E-state index contributed by atoms with van der Waals surface area (Å²) >= 11 is 0. The highest BCUT2D eigenvalue weighted by molar-refractivity contribution is 7.90. The Bertz CT molecular complexity index is 1140. The summed E-state index contributed by atoms with van der Waals surface area (Å²) in [6.45, 7) is 1.63. The number of hydrogen-bond donors (Lipinski definition) is 3. The second kappa shape index (κ2) is 11.1. The second-order valence-electron chi connectivity index (χ2n) is 9.18. The third kappa shape index (κ3) is 6.40. The molecule has 4 rings (SSSR count). The third-order valence-corrected chi connectivity index (χ3v) is 8.95. The Morgan fingerprint density at radius 3 is 2.69 bits per heavy atom. The van der Waals surface area contributed by atoms with Crippen molar-refractivity contribution in [3.63, 3.8) is 0 Å². The lowest BCUT2D eigenvalue weighted by molar-refractivity contribution is -0.117. The van der Waals surface area contributed by atoms with E-state index in [2.05, 4.69) is 15.6 Å². The summed E-state index contributed by atoms with van der Waals surface area (Å²) in [6.07, 6.45) is 5.52. The minimum atomic E-state index is -3.29. The van der Waals surface area contributed by atoms with Crippen molar-refractivity contribution >= 4 is 21.6 Å². The number of pyridine rings is 1. The van der Waals surface area contributed by atoms with Crippen LogP contribution in [0, 0.1) is 11.6 Å². The zero-order chi connectivity index (χ0) is 25.0. The molecule has 2 aliphatic rings. The molecule has 2 aromatic rings. The molecular weight excluding hydrogens is 476 g/mol. The molecule has 0 bridgehead atoms. The molecule has 4 N–H and O–H groups in total. The lowest BCUT2D eigenvalue weighted by atomic mass is 10.0. The van der Waals surface area contributed by atoms with E-state index in [-0.39, 0.29) is 29.2 Å². The van der Waals surface area contributed by atoms with Gasteiger partial charge in [-0.25, -0.2) is 17.2 Å². The van der Waals surface area contributed by atoms with Crippen LogP contribution in [-0.4, -0.2) is 60.6 Å². The molecule has 1 amide bonds. The zero-order valence-electron chi connectivity index (χ0n) is 19.4. The first kappa shape index (κ1) is 25.6. The van der Waals surface area contributed by atoms with E-state index in [9.17, 15) is 22.0 Å². The number of nitrogens with two attached hydrogens (primary N) is 1. The number of sulfonamides is 1. The molecule has 35 heavy (non-hydrogen) atoms. The fourth-order valence-corrected chi connectivity index (χ4v) is 6.47. The molecule has 8 nitrogen and oxygen atoms in total. The van der Waals surface area contributed by atoms with Gasteiger partial charge >= 0.3 is 0 Å². The van der Waals surface area contributed by atoms with Gasteiger partial charge in [0.15, 0.2) is 0 Å². The molecule has 1 aliphatic heterocycles. The molecule has 1 aromatic carbocycles. The van der Waals surface area contributed by atoms with Gasteiger partial charge in [0.2, 0.25) is 15.9 Å². The Morgan fingerprint density at radius 1 is 1.23 bits per heavy atom. The van der Waals surface area contributed by atoms with Crippen LogP contribution < -0.4 is 16.4 Å². The Labute approximate surface area is 204 Å². The van der Waals surface area contributed by atoms with Crippen LogP contribution in [0.2, 0.25) is 0 Å². The monoisotopic (exact) mass is 507 g/mol. The Kier molecular flexibility index (Phi) is 8.10. The minimum absolute atomic E-state index is 0.179. The van der Waals surface area contributed by atoms with Crippen LogP contribution in [0.25, 0.3) is 0 Å². The summed E-state index contributed by atoms with van der Waals surface area (Å²) in [5, 5.41) is 5.65. The molecule has 2 fully saturated rings. The fraction of sp³-hybridized carbons (Fsp3) is 0.500. The van der Waals surface area contributed by atoms with Crippen molar-refractivity contribution in [1.29, 1.82) is 0 Å². The number of hydrogen-bond acceptors (Lipinski definition) is 6. The highest BCUT2D eigenvalue weighted by Gasteiger charge is 2.43. The molecule has 0 radical (unpaired) electrons. The normalized spacial score (nSPS) is 19.9. The SMILES string of the molecule is N[C@@H](Cc1ccc(F)cc1)C(=O)Nc1cncc(F)c1CCC[C@H]1CNCCN1S(=O)(=O)C1CC1. The number of halogens is 2. The molecular formula is C24H31F2N5O3S. The summed E-state index contributed by atoms with van der Waals surface area (Å²) in [5.74, 6) is -1.42. The summed E-state index contributed by atoms with van der Waals surface area (Å²) in [4.78, 5) is 16.5. The molecule has 0 unspecified atom stereocenters. The van der Waals surface area contributed by atoms with E-state index in [1.54, 1.807) is 16.4 Å². The molecule has 190 valence electrons. The first-order chi connectivity index (χ1) is 16.8. The minimum Gasteiger partial charge on any atom is -0.323 e. The van der Waals surface area contributed by atoms with Crippen molar-refractivity contribution in [3.8, 4) is 0 Å². The van der Waals surface area contributed by atoms with E-state index in [1.807, 2.05) is 0 Å². The van der Waals surface area contributed by atoms with Gasteiger partial charge in [0, 0.05) is 31.2 Å². The molecule has 1 saturated heterocycles. The first-order valence-electron chi connectivity index (χ1n) is 11.9. The van der Waals surface area contributed by atoms with Gasteiger partial charge in [-0.3, -0.25) is 9.78 Å². The number of benzene rings is 1. The maximum absolute atomic E-state index is 14.6. The van der Waals surface area contributed by atoms with Crippen LogP contribution in [0.15, 0.2) is 36.7 Å². The standard InChI is InChI=1S/C24H31F2N5O3S/c25-17-6-4-16(5-7-17)12-22(27)24(32)30-23-15-29-14-21(26)20(23)3-1-2-18-13-28-10-11-31(18)35(33,34)19-8-9-19/h4-7,14-15,18-19,22,28H,1-3,8-13,27H2,(H,30,32)/t18-,22-/m0/s1. The number of nitrogens with one attached hydrogen (secondary N) is 2.